The number of aromatic hydroxyl groups is 1. The first-order chi connectivity index (χ1) is 8.65. The Kier molecular flexibility index (Phi) is 3.72. The van der Waals surface area contributed by atoms with Crippen LogP contribution in [-0.2, 0) is 4.79 Å². The third-order valence-electron chi connectivity index (χ3n) is 2.77. The Morgan fingerprint density at radius 3 is 2.61 bits per heavy atom. The average Bonchev–Trinajstić information content (AvgIpc) is 2.37. The topological polar surface area (TPSA) is 78.8 Å². The Morgan fingerprint density at radius 1 is 1.22 bits per heavy atom. The van der Waals surface area contributed by atoms with E-state index in [2.05, 4.69) is 10.5 Å². The van der Waals surface area contributed by atoms with Crippen LogP contribution in [0.5, 0.6) is 5.75 Å². The highest BCUT2D eigenvalue weighted by Crippen LogP contribution is 2.12. The standard InChI is InChI=1S/C13H14N2O3/c16-11-6-4-9(5-7-11)13(18)15-14-10-2-1-3-12(17)8-10/h4-7,16H,1-3,8H2,(H,15,18)/b14-10-. The number of nitrogens with zero attached hydrogens (tertiary/aromatic N) is 1. The first-order valence-corrected chi connectivity index (χ1v) is 5.81. The summed E-state index contributed by atoms with van der Waals surface area (Å²) in [5, 5.41) is 13.1. The van der Waals surface area contributed by atoms with Crippen molar-refractivity contribution < 1.29 is 14.7 Å². The van der Waals surface area contributed by atoms with Gasteiger partial charge in [0, 0.05) is 24.1 Å². The normalized spacial score (nSPS) is 17.8. The van der Waals surface area contributed by atoms with Gasteiger partial charge in [-0.3, -0.25) is 9.59 Å². The lowest BCUT2D eigenvalue weighted by atomic mass is 9.97. The number of carbonyl (C=O) groups excluding carboxylic acids is 2. The number of hydrazone groups is 1. The first-order valence-electron chi connectivity index (χ1n) is 5.81. The number of Topliss-reactive ketones (excluding diaryl/α,β-unsaturated/α-hetero) is 1. The molecule has 0 heterocycles. The molecule has 0 atom stereocenters. The fourth-order valence-electron chi connectivity index (χ4n) is 1.80. The van der Waals surface area contributed by atoms with E-state index in [4.69, 9.17) is 5.11 Å². The van der Waals surface area contributed by atoms with Gasteiger partial charge in [0.25, 0.3) is 5.91 Å². The van der Waals surface area contributed by atoms with Crippen molar-refractivity contribution in [2.75, 3.05) is 0 Å². The van der Waals surface area contributed by atoms with E-state index in [1.54, 1.807) is 0 Å². The van der Waals surface area contributed by atoms with E-state index in [1.165, 1.54) is 24.3 Å². The summed E-state index contributed by atoms with van der Waals surface area (Å²) in [6.07, 6.45) is 2.48. The van der Waals surface area contributed by atoms with Gasteiger partial charge < -0.3 is 5.11 Å². The van der Waals surface area contributed by atoms with Crippen LogP contribution < -0.4 is 5.43 Å². The molecule has 1 fully saturated rings. The summed E-state index contributed by atoms with van der Waals surface area (Å²) in [4.78, 5) is 22.9. The molecule has 1 amide bonds. The third kappa shape index (κ3) is 3.16. The molecule has 1 aromatic rings. The van der Waals surface area contributed by atoms with Gasteiger partial charge in [0.15, 0.2) is 0 Å². The lowest BCUT2D eigenvalue weighted by Crippen LogP contribution is -2.22. The van der Waals surface area contributed by atoms with E-state index in [-0.39, 0.29) is 17.4 Å². The fraction of sp³-hybridized carbons (Fsp3) is 0.308. The molecule has 0 bridgehead atoms. The molecule has 94 valence electrons. The van der Waals surface area contributed by atoms with Crippen LogP contribution in [0.15, 0.2) is 29.4 Å². The van der Waals surface area contributed by atoms with Gasteiger partial charge in [0.1, 0.15) is 11.5 Å². The zero-order chi connectivity index (χ0) is 13.0. The van der Waals surface area contributed by atoms with Crippen molar-refractivity contribution >= 4 is 17.4 Å². The molecule has 0 unspecified atom stereocenters. The van der Waals surface area contributed by atoms with Crippen molar-refractivity contribution in [3.05, 3.63) is 29.8 Å². The number of amides is 1. The first kappa shape index (κ1) is 12.3. The lowest BCUT2D eigenvalue weighted by Gasteiger charge is -2.11. The summed E-state index contributed by atoms with van der Waals surface area (Å²) in [6, 6.07) is 5.89. The largest absolute Gasteiger partial charge is 0.508 e. The number of nitrogens with one attached hydrogen (secondary N) is 1. The number of hydrogen-bond acceptors (Lipinski definition) is 4. The van der Waals surface area contributed by atoms with Gasteiger partial charge in [-0.1, -0.05) is 0 Å². The van der Waals surface area contributed by atoms with Gasteiger partial charge in [-0.05, 0) is 37.1 Å². The molecule has 5 heteroatoms. The van der Waals surface area contributed by atoms with E-state index in [0.29, 0.717) is 18.4 Å². The molecule has 18 heavy (non-hydrogen) atoms. The summed E-state index contributed by atoms with van der Waals surface area (Å²) in [5.74, 6) is -0.0739. The van der Waals surface area contributed by atoms with Gasteiger partial charge in [-0.15, -0.1) is 0 Å². The maximum Gasteiger partial charge on any atom is 0.271 e. The van der Waals surface area contributed by atoms with Crippen LogP contribution in [0, 0.1) is 0 Å². The number of phenols is 1. The number of benzene rings is 1. The molecule has 1 saturated carbocycles. The molecule has 0 spiro atoms. The highest BCUT2D eigenvalue weighted by molar-refractivity contribution is 6.04. The molecule has 2 N–H and O–H groups in total. The summed E-state index contributed by atoms with van der Waals surface area (Å²) in [7, 11) is 0. The highest BCUT2D eigenvalue weighted by Gasteiger charge is 2.14. The molecule has 0 aromatic heterocycles. The van der Waals surface area contributed by atoms with Gasteiger partial charge in [0.05, 0.1) is 0 Å². The second kappa shape index (κ2) is 5.44. The van der Waals surface area contributed by atoms with Gasteiger partial charge in [0.2, 0.25) is 0 Å². The SMILES string of the molecule is O=C1CCC/C(=N/NC(=O)c2ccc(O)cc2)C1. The van der Waals surface area contributed by atoms with Crippen molar-refractivity contribution in [1.29, 1.82) is 0 Å². The number of carbonyl (C=O) groups is 2. The molecule has 2 rings (SSSR count). The Hall–Kier alpha value is -2.17. The quantitative estimate of drug-likeness (QED) is 0.778. The Labute approximate surface area is 105 Å². The predicted octanol–water partition coefficient (Wildman–Crippen LogP) is 1.62. The molecule has 1 aliphatic carbocycles. The summed E-state index contributed by atoms with van der Waals surface area (Å²) < 4.78 is 0. The van der Waals surface area contributed by atoms with Crippen LogP contribution in [-0.4, -0.2) is 22.5 Å². The monoisotopic (exact) mass is 246 g/mol. The zero-order valence-corrected chi connectivity index (χ0v) is 9.85. The Bertz CT molecular complexity index is 491. The number of phenolic OH excluding ortho intramolecular Hbond substituents is 1. The highest BCUT2D eigenvalue weighted by atomic mass is 16.3. The number of hydrogen-bond donors (Lipinski definition) is 2. The van der Waals surface area contributed by atoms with Crippen LogP contribution in [0.2, 0.25) is 0 Å². The molecule has 0 aliphatic heterocycles. The van der Waals surface area contributed by atoms with E-state index < -0.39 is 0 Å². The van der Waals surface area contributed by atoms with Crippen molar-refractivity contribution in [1.82, 2.24) is 5.43 Å². The van der Waals surface area contributed by atoms with Crippen molar-refractivity contribution in [3.8, 4) is 5.75 Å². The van der Waals surface area contributed by atoms with Gasteiger partial charge >= 0.3 is 0 Å². The van der Waals surface area contributed by atoms with Crippen LogP contribution in [0.3, 0.4) is 0 Å². The maximum absolute atomic E-state index is 11.7. The van der Waals surface area contributed by atoms with Crippen molar-refractivity contribution in [2.24, 2.45) is 5.10 Å². The molecule has 1 aliphatic rings. The lowest BCUT2D eigenvalue weighted by molar-refractivity contribution is -0.118. The van der Waals surface area contributed by atoms with Crippen molar-refractivity contribution in [3.63, 3.8) is 0 Å². The Morgan fingerprint density at radius 2 is 1.94 bits per heavy atom. The Balaban J connectivity index is 1.97. The van der Waals surface area contributed by atoms with E-state index >= 15 is 0 Å². The number of rotatable bonds is 2. The molecule has 0 radical (unpaired) electrons. The number of ketones is 1. The molecule has 1 aromatic carbocycles. The van der Waals surface area contributed by atoms with Gasteiger partial charge in [-0.25, -0.2) is 5.43 Å². The maximum atomic E-state index is 11.7. The molecular weight excluding hydrogens is 232 g/mol. The predicted molar refractivity (Wildman–Crippen MR) is 66.5 cm³/mol. The smallest absolute Gasteiger partial charge is 0.271 e. The summed E-state index contributed by atoms with van der Waals surface area (Å²) in [5.41, 5.74) is 3.56. The molecule has 0 saturated heterocycles. The van der Waals surface area contributed by atoms with Crippen molar-refractivity contribution in [2.45, 2.75) is 25.7 Å². The minimum Gasteiger partial charge on any atom is -0.508 e. The summed E-state index contributed by atoms with van der Waals surface area (Å²) >= 11 is 0. The van der Waals surface area contributed by atoms with Crippen LogP contribution >= 0.6 is 0 Å². The second-order valence-electron chi connectivity index (χ2n) is 4.23. The minimum absolute atomic E-state index is 0.107. The van der Waals surface area contributed by atoms with E-state index in [9.17, 15) is 9.59 Å². The summed E-state index contributed by atoms with van der Waals surface area (Å²) in [6.45, 7) is 0. The molecule has 5 nitrogen and oxygen atoms in total. The van der Waals surface area contributed by atoms with Crippen LogP contribution in [0.25, 0.3) is 0 Å². The average molecular weight is 246 g/mol. The second-order valence-corrected chi connectivity index (χ2v) is 4.23. The van der Waals surface area contributed by atoms with Crippen LogP contribution in [0.1, 0.15) is 36.0 Å². The van der Waals surface area contributed by atoms with Gasteiger partial charge in [-0.2, -0.15) is 5.10 Å². The van der Waals surface area contributed by atoms with Crippen LogP contribution in [0.4, 0.5) is 0 Å². The van der Waals surface area contributed by atoms with E-state index in [0.717, 1.165) is 18.6 Å². The fourth-order valence-corrected chi connectivity index (χ4v) is 1.80. The third-order valence-corrected chi connectivity index (χ3v) is 2.77. The zero-order valence-electron chi connectivity index (χ0n) is 9.85. The molecular formula is C13H14N2O3. The minimum atomic E-state index is -0.347. The van der Waals surface area contributed by atoms with E-state index in [1.807, 2.05) is 0 Å².